The molecule has 0 saturated heterocycles. The lowest BCUT2D eigenvalue weighted by Gasteiger charge is -2.21. The molecule has 1 aliphatic rings. The van der Waals surface area contributed by atoms with Gasteiger partial charge < -0.3 is 5.32 Å². The van der Waals surface area contributed by atoms with Gasteiger partial charge in [0.05, 0.1) is 17.9 Å². The maximum absolute atomic E-state index is 12.9. The Morgan fingerprint density at radius 3 is 2.60 bits per heavy atom. The Morgan fingerprint density at radius 2 is 1.96 bits per heavy atom. The standard InChI is InChI=1S/C17H22N4O3S/c1-5-20-10-13-15(16(22)19-17(2,3)4)18-11-21(13)12-8-6-7-9-14(12)25(20,23)24/h6-9,11H,5,10H2,1-4H3,(H,19,22). The van der Waals surface area contributed by atoms with Gasteiger partial charge in [0, 0.05) is 12.1 Å². The Labute approximate surface area is 147 Å². The number of carbonyl (C=O) groups is 1. The maximum Gasteiger partial charge on any atom is 0.272 e. The summed E-state index contributed by atoms with van der Waals surface area (Å²) in [5.41, 5.74) is 0.917. The van der Waals surface area contributed by atoms with E-state index in [-0.39, 0.29) is 23.0 Å². The molecule has 1 N–H and O–H groups in total. The topological polar surface area (TPSA) is 84.3 Å². The van der Waals surface area contributed by atoms with Crippen LogP contribution in [0.4, 0.5) is 0 Å². The minimum Gasteiger partial charge on any atom is -0.346 e. The molecule has 7 nitrogen and oxygen atoms in total. The van der Waals surface area contributed by atoms with Crippen LogP contribution < -0.4 is 5.32 Å². The molecule has 1 aromatic heterocycles. The molecule has 0 radical (unpaired) electrons. The van der Waals surface area contributed by atoms with E-state index in [1.54, 1.807) is 35.8 Å². The second-order valence-corrected chi connectivity index (χ2v) is 8.92. The van der Waals surface area contributed by atoms with Crippen molar-refractivity contribution in [2.24, 2.45) is 0 Å². The highest BCUT2D eigenvalue weighted by atomic mass is 32.2. The Kier molecular flexibility index (Phi) is 4.20. The molecule has 0 fully saturated rings. The van der Waals surface area contributed by atoms with Crippen LogP contribution in [0.1, 0.15) is 43.9 Å². The summed E-state index contributed by atoms with van der Waals surface area (Å²) in [6.45, 7) is 7.84. The maximum atomic E-state index is 12.9. The van der Waals surface area contributed by atoms with E-state index < -0.39 is 15.6 Å². The second kappa shape index (κ2) is 5.96. The average molecular weight is 362 g/mol. The minimum absolute atomic E-state index is 0.0976. The highest BCUT2D eigenvalue weighted by molar-refractivity contribution is 7.89. The summed E-state index contributed by atoms with van der Waals surface area (Å²) in [5, 5.41) is 2.89. The summed E-state index contributed by atoms with van der Waals surface area (Å²) in [6, 6.07) is 6.77. The van der Waals surface area contributed by atoms with Crippen molar-refractivity contribution in [2.45, 2.75) is 44.7 Å². The fourth-order valence-electron chi connectivity index (χ4n) is 2.87. The van der Waals surface area contributed by atoms with Crippen LogP contribution in [0.5, 0.6) is 0 Å². The number of rotatable bonds is 2. The molecule has 0 saturated carbocycles. The largest absolute Gasteiger partial charge is 0.346 e. The third-order valence-electron chi connectivity index (χ3n) is 3.99. The number of imidazole rings is 1. The number of fused-ring (bicyclic) bond motifs is 3. The minimum atomic E-state index is -3.63. The quantitative estimate of drug-likeness (QED) is 0.885. The zero-order chi connectivity index (χ0) is 18.4. The molecular weight excluding hydrogens is 340 g/mol. The number of nitrogens with zero attached hydrogens (tertiary/aromatic N) is 3. The van der Waals surface area contributed by atoms with Crippen molar-refractivity contribution in [3.63, 3.8) is 0 Å². The monoisotopic (exact) mass is 362 g/mol. The number of hydrogen-bond donors (Lipinski definition) is 1. The smallest absolute Gasteiger partial charge is 0.272 e. The zero-order valence-electron chi connectivity index (χ0n) is 14.8. The third kappa shape index (κ3) is 3.07. The molecule has 1 amide bonds. The van der Waals surface area contributed by atoms with Gasteiger partial charge in [0.2, 0.25) is 10.0 Å². The zero-order valence-corrected chi connectivity index (χ0v) is 15.6. The molecule has 2 heterocycles. The van der Waals surface area contributed by atoms with E-state index in [0.29, 0.717) is 17.9 Å². The van der Waals surface area contributed by atoms with Crippen molar-refractivity contribution in [1.29, 1.82) is 0 Å². The Hall–Kier alpha value is -2.19. The number of amides is 1. The number of sulfonamides is 1. The summed E-state index contributed by atoms with van der Waals surface area (Å²) < 4.78 is 28.9. The number of aromatic nitrogens is 2. The molecule has 0 bridgehead atoms. The summed E-state index contributed by atoms with van der Waals surface area (Å²) in [6.07, 6.45) is 1.51. The molecule has 25 heavy (non-hydrogen) atoms. The Morgan fingerprint density at radius 1 is 1.28 bits per heavy atom. The van der Waals surface area contributed by atoms with Crippen LogP contribution in [0.25, 0.3) is 5.69 Å². The molecule has 8 heteroatoms. The lowest BCUT2D eigenvalue weighted by molar-refractivity contribution is 0.0913. The van der Waals surface area contributed by atoms with Gasteiger partial charge in [0.15, 0.2) is 5.69 Å². The van der Waals surface area contributed by atoms with Crippen molar-refractivity contribution in [1.82, 2.24) is 19.2 Å². The van der Waals surface area contributed by atoms with Gasteiger partial charge in [-0.25, -0.2) is 13.4 Å². The van der Waals surface area contributed by atoms with Crippen LogP contribution in [0.3, 0.4) is 0 Å². The summed E-state index contributed by atoms with van der Waals surface area (Å²) in [7, 11) is -3.63. The number of hydrogen-bond acceptors (Lipinski definition) is 4. The number of nitrogens with one attached hydrogen (secondary N) is 1. The summed E-state index contributed by atoms with van der Waals surface area (Å²) in [5.74, 6) is -0.311. The molecule has 2 aromatic rings. The lowest BCUT2D eigenvalue weighted by Crippen LogP contribution is -2.41. The molecule has 3 rings (SSSR count). The van der Waals surface area contributed by atoms with Crippen LogP contribution >= 0.6 is 0 Å². The van der Waals surface area contributed by atoms with E-state index in [4.69, 9.17) is 0 Å². The van der Waals surface area contributed by atoms with Gasteiger partial charge in [-0.2, -0.15) is 4.31 Å². The predicted molar refractivity (Wildman–Crippen MR) is 94.1 cm³/mol. The van der Waals surface area contributed by atoms with E-state index in [1.165, 1.54) is 10.6 Å². The van der Waals surface area contributed by atoms with Crippen LogP contribution in [0.2, 0.25) is 0 Å². The van der Waals surface area contributed by atoms with Gasteiger partial charge >= 0.3 is 0 Å². The SMILES string of the molecule is CCN1Cc2c(C(=O)NC(C)(C)C)ncn2-c2ccccc2S1(=O)=O. The van der Waals surface area contributed by atoms with Crippen LogP contribution in [0.15, 0.2) is 35.5 Å². The summed E-state index contributed by atoms with van der Waals surface area (Å²) >= 11 is 0. The van der Waals surface area contributed by atoms with E-state index in [1.807, 2.05) is 20.8 Å². The van der Waals surface area contributed by atoms with E-state index >= 15 is 0 Å². The van der Waals surface area contributed by atoms with Crippen LogP contribution in [0, 0.1) is 0 Å². The van der Waals surface area contributed by atoms with Gasteiger partial charge in [-0.1, -0.05) is 19.1 Å². The molecule has 0 atom stereocenters. The first kappa shape index (κ1) is 17.6. The van der Waals surface area contributed by atoms with E-state index in [2.05, 4.69) is 10.3 Å². The molecular formula is C17H22N4O3S. The number of benzene rings is 1. The molecule has 1 aliphatic heterocycles. The van der Waals surface area contributed by atoms with Gasteiger partial charge in [0.1, 0.15) is 11.2 Å². The molecule has 1 aromatic carbocycles. The second-order valence-electron chi connectivity index (χ2n) is 7.01. The first-order valence-corrected chi connectivity index (χ1v) is 9.57. The highest BCUT2D eigenvalue weighted by Gasteiger charge is 2.34. The molecule has 134 valence electrons. The van der Waals surface area contributed by atoms with E-state index in [9.17, 15) is 13.2 Å². The molecule has 0 spiro atoms. The van der Waals surface area contributed by atoms with Crippen molar-refractivity contribution >= 4 is 15.9 Å². The van der Waals surface area contributed by atoms with Crippen LogP contribution in [-0.4, -0.2) is 40.3 Å². The molecule has 0 aliphatic carbocycles. The Bertz CT molecular complexity index is 926. The van der Waals surface area contributed by atoms with Crippen LogP contribution in [-0.2, 0) is 16.6 Å². The van der Waals surface area contributed by atoms with Gasteiger partial charge in [-0.3, -0.25) is 9.36 Å². The normalized spacial score (nSPS) is 16.6. The fraction of sp³-hybridized carbons (Fsp3) is 0.412. The first-order chi connectivity index (χ1) is 11.6. The van der Waals surface area contributed by atoms with Gasteiger partial charge in [-0.05, 0) is 32.9 Å². The van der Waals surface area contributed by atoms with E-state index in [0.717, 1.165) is 0 Å². The fourth-order valence-corrected chi connectivity index (χ4v) is 4.46. The molecule has 0 unspecified atom stereocenters. The Balaban J connectivity index is 2.19. The highest BCUT2D eigenvalue weighted by Crippen LogP contribution is 2.31. The van der Waals surface area contributed by atoms with Gasteiger partial charge in [0.25, 0.3) is 5.91 Å². The van der Waals surface area contributed by atoms with Crippen molar-refractivity contribution in [3.05, 3.63) is 42.0 Å². The van der Waals surface area contributed by atoms with Crippen molar-refractivity contribution in [2.75, 3.05) is 6.54 Å². The summed E-state index contributed by atoms with van der Waals surface area (Å²) in [4.78, 5) is 17.1. The third-order valence-corrected chi connectivity index (χ3v) is 5.96. The first-order valence-electron chi connectivity index (χ1n) is 8.13. The van der Waals surface area contributed by atoms with Crippen molar-refractivity contribution in [3.8, 4) is 5.69 Å². The lowest BCUT2D eigenvalue weighted by atomic mass is 10.1. The number of carbonyl (C=O) groups excluding carboxylic acids is 1. The predicted octanol–water partition coefficient (Wildman–Crippen LogP) is 1.92. The van der Waals surface area contributed by atoms with Gasteiger partial charge in [-0.15, -0.1) is 0 Å². The number of para-hydroxylation sites is 1. The average Bonchev–Trinajstić information content (AvgIpc) is 2.90. The van der Waals surface area contributed by atoms with Crippen molar-refractivity contribution < 1.29 is 13.2 Å².